The van der Waals surface area contributed by atoms with Crippen molar-refractivity contribution in [2.75, 3.05) is 20.8 Å². The van der Waals surface area contributed by atoms with Gasteiger partial charge in [0.05, 0.1) is 13.2 Å². The first-order valence-electron chi connectivity index (χ1n) is 9.82. The van der Waals surface area contributed by atoms with E-state index in [0.29, 0.717) is 13.2 Å². The lowest BCUT2D eigenvalue weighted by atomic mass is 10.1. The number of aliphatic imine (C=N–C) groups is 1. The fourth-order valence-electron chi connectivity index (χ4n) is 3.21. The Morgan fingerprint density at radius 2 is 2.29 bits per heavy atom. The van der Waals surface area contributed by atoms with E-state index in [1.54, 1.807) is 14.2 Å². The van der Waals surface area contributed by atoms with E-state index in [9.17, 15) is 0 Å². The highest BCUT2D eigenvalue weighted by molar-refractivity contribution is 5.79. The van der Waals surface area contributed by atoms with Crippen LogP contribution in [-0.2, 0) is 30.9 Å². The van der Waals surface area contributed by atoms with Crippen molar-refractivity contribution < 1.29 is 9.47 Å². The summed E-state index contributed by atoms with van der Waals surface area (Å²) in [6.45, 7) is 4.74. The fourth-order valence-corrected chi connectivity index (χ4v) is 3.21. The lowest BCUT2D eigenvalue weighted by molar-refractivity contribution is 0.177. The van der Waals surface area contributed by atoms with Crippen LogP contribution in [-0.4, -0.2) is 47.5 Å². The van der Waals surface area contributed by atoms with Gasteiger partial charge in [-0.1, -0.05) is 19.1 Å². The predicted octanol–water partition coefficient (Wildman–Crippen LogP) is 1.89. The molecule has 0 bridgehead atoms. The third-order valence-electron chi connectivity index (χ3n) is 4.57. The van der Waals surface area contributed by atoms with Gasteiger partial charge in [-0.05, 0) is 30.5 Å². The Balaban J connectivity index is 1.52. The third-order valence-corrected chi connectivity index (χ3v) is 4.57. The molecule has 152 valence electrons. The van der Waals surface area contributed by atoms with E-state index < -0.39 is 0 Å². The van der Waals surface area contributed by atoms with E-state index in [1.807, 2.05) is 16.8 Å². The molecule has 3 rings (SSSR count). The minimum absolute atomic E-state index is 0.259. The van der Waals surface area contributed by atoms with Crippen molar-refractivity contribution in [2.45, 2.75) is 51.9 Å². The average Bonchev–Trinajstić information content (AvgIpc) is 3.11. The third kappa shape index (κ3) is 5.45. The van der Waals surface area contributed by atoms with Crippen molar-refractivity contribution in [3.8, 4) is 5.75 Å². The van der Waals surface area contributed by atoms with Gasteiger partial charge in [0.25, 0.3) is 0 Å². The smallest absolute Gasteiger partial charge is 0.191 e. The zero-order valence-corrected chi connectivity index (χ0v) is 16.9. The van der Waals surface area contributed by atoms with Gasteiger partial charge in [-0.25, -0.2) is 9.67 Å². The highest BCUT2D eigenvalue weighted by Gasteiger charge is 2.22. The molecule has 0 aliphatic carbocycles. The zero-order valence-electron chi connectivity index (χ0n) is 16.9. The molecule has 0 saturated heterocycles. The Morgan fingerprint density at radius 1 is 1.39 bits per heavy atom. The molecule has 0 fully saturated rings. The summed E-state index contributed by atoms with van der Waals surface area (Å²) in [6, 6.07) is 8.41. The number of hydrogen-bond acceptors (Lipinski definition) is 5. The quantitative estimate of drug-likeness (QED) is 0.532. The number of hydrogen-bond donors (Lipinski definition) is 2. The van der Waals surface area contributed by atoms with Gasteiger partial charge in [0.15, 0.2) is 11.8 Å². The van der Waals surface area contributed by atoms with E-state index in [1.165, 1.54) is 0 Å². The molecule has 0 saturated carbocycles. The van der Waals surface area contributed by atoms with Crippen LogP contribution >= 0.6 is 0 Å². The standard InChI is InChI=1S/C20H30N6O2/c1-4-10-28-17-7-5-6-15(11-17)12-22-20(21-2)23-16-8-9-19-24-18(14-27-3)25-26(19)13-16/h5-7,11,16H,4,8-10,12-14H2,1-3H3,(H2,21,22,23). The number of nitrogens with zero attached hydrogens (tertiary/aromatic N) is 4. The van der Waals surface area contributed by atoms with Crippen LogP contribution in [0.2, 0.25) is 0 Å². The number of fused-ring (bicyclic) bond motifs is 1. The van der Waals surface area contributed by atoms with Gasteiger partial charge < -0.3 is 20.1 Å². The number of nitrogens with one attached hydrogen (secondary N) is 2. The van der Waals surface area contributed by atoms with Crippen molar-refractivity contribution in [3.63, 3.8) is 0 Å². The van der Waals surface area contributed by atoms with Gasteiger partial charge >= 0.3 is 0 Å². The van der Waals surface area contributed by atoms with Crippen LogP contribution in [0.1, 0.15) is 37.0 Å². The number of benzene rings is 1. The van der Waals surface area contributed by atoms with Crippen LogP contribution in [0.3, 0.4) is 0 Å². The second kappa shape index (κ2) is 10.1. The average molecular weight is 387 g/mol. The topological polar surface area (TPSA) is 85.6 Å². The summed E-state index contributed by atoms with van der Waals surface area (Å²) in [4.78, 5) is 8.88. The second-order valence-corrected chi connectivity index (χ2v) is 6.86. The van der Waals surface area contributed by atoms with Gasteiger partial charge in [-0.15, -0.1) is 0 Å². The first kappa shape index (κ1) is 20.1. The maximum Gasteiger partial charge on any atom is 0.191 e. The molecule has 2 N–H and O–H groups in total. The molecule has 28 heavy (non-hydrogen) atoms. The van der Waals surface area contributed by atoms with Gasteiger partial charge in [0.1, 0.15) is 18.2 Å². The molecule has 8 nitrogen and oxygen atoms in total. The normalized spacial score (nSPS) is 16.5. The molecular weight excluding hydrogens is 356 g/mol. The summed E-state index contributed by atoms with van der Waals surface area (Å²) < 4.78 is 12.8. The van der Waals surface area contributed by atoms with Crippen molar-refractivity contribution in [3.05, 3.63) is 41.5 Å². The molecule has 1 aromatic carbocycles. The van der Waals surface area contributed by atoms with Crippen molar-refractivity contribution in [1.29, 1.82) is 0 Å². The highest BCUT2D eigenvalue weighted by atomic mass is 16.5. The summed E-state index contributed by atoms with van der Waals surface area (Å²) in [7, 11) is 3.45. The van der Waals surface area contributed by atoms with Crippen molar-refractivity contribution in [2.24, 2.45) is 4.99 Å². The van der Waals surface area contributed by atoms with Crippen LogP contribution in [0.4, 0.5) is 0 Å². The Labute approximate surface area is 166 Å². The van der Waals surface area contributed by atoms with Gasteiger partial charge in [0, 0.05) is 33.2 Å². The summed E-state index contributed by atoms with van der Waals surface area (Å²) >= 11 is 0. The molecule has 1 unspecified atom stereocenters. The number of aryl methyl sites for hydroxylation is 1. The Morgan fingerprint density at radius 3 is 3.07 bits per heavy atom. The Bertz CT molecular complexity index is 789. The molecule has 8 heteroatoms. The largest absolute Gasteiger partial charge is 0.494 e. The molecule has 0 radical (unpaired) electrons. The van der Waals surface area contributed by atoms with Gasteiger partial charge in [-0.3, -0.25) is 4.99 Å². The van der Waals surface area contributed by atoms with E-state index in [-0.39, 0.29) is 6.04 Å². The van der Waals surface area contributed by atoms with E-state index >= 15 is 0 Å². The van der Waals surface area contributed by atoms with Crippen LogP contribution in [0, 0.1) is 0 Å². The van der Waals surface area contributed by atoms with Gasteiger partial charge in [-0.2, -0.15) is 5.10 Å². The molecule has 2 aromatic rings. The molecule has 1 aromatic heterocycles. The Hall–Kier alpha value is -2.61. The summed E-state index contributed by atoms with van der Waals surface area (Å²) in [6.07, 6.45) is 2.88. The van der Waals surface area contributed by atoms with Gasteiger partial charge in [0.2, 0.25) is 0 Å². The van der Waals surface area contributed by atoms with E-state index in [0.717, 1.165) is 61.3 Å². The number of rotatable bonds is 8. The fraction of sp³-hybridized carbons (Fsp3) is 0.550. The minimum Gasteiger partial charge on any atom is -0.494 e. The minimum atomic E-state index is 0.259. The molecule has 2 heterocycles. The monoisotopic (exact) mass is 386 g/mol. The second-order valence-electron chi connectivity index (χ2n) is 6.86. The highest BCUT2D eigenvalue weighted by Crippen LogP contribution is 2.15. The predicted molar refractivity (Wildman–Crippen MR) is 108 cm³/mol. The molecular formula is C20H30N6O2. The maximum absolute atomic E-state index is 5.70. The molecule has 1 aliphatic heterocycles. The van der Waals surface area contributed by atoms with Crippen LogP contribution in [0.15, 0.2) is 29.3 Å². The Kier molecular flexibility index (Phi) is 7.25. The molecule has 1 aliphatic rings. The summed E-state index contributed by atoms with van der Waals surface area (Å²) in [5.41, 5.74) is 1.16. The van der Waals surface area contributed by atoms with E-state index in [2.05, 4.69) is 44.8 Å². The maximum atomic E-state index is 5.70. The first-order valence-corrected chi connectivity index (χ1v) is 9.82. The van der Waals surface area contributed by atoms with E-state index in [4.69, 9.17) is 9.47 Å². The molecule has 1 atom stereocenters. The molecule has 0 amide bonds. The van der Waals surface area contributed by atoms with Crippen LogP contribution in [0.5, 0.6) is 5.75 Å². The van der Waals surface area contributed by atoms with Crippen molar-refractivity contribution >= 4 is 5.96 Å². The SMILES string of the molecule is CCCOc1cccc(CNC(=NC)NC2CCc3nc(COC)nn3C2)c1. The number of ether oxygens (including phenoxy) is 2. The summed E-state index contributed by atoms with van der Waals surface area (Å²) in [5.74, 6) is 3.45. The lowest BCUT2D eigenvalue weighted by Gasteiger charge is -2.25. The number of aromatic nitrogens is 3. The van der Waals surface area contributed by atoms with Crippen LogP contribution < -0.4 is 15.4 Å². The number of methoxy groups -OCH3 is 1. The lowest BCUT2D eigenvalue weighted by Crippen LogP contribution is -2.46. The first-order chi connectivity index (χ1) is 13.7. The van der Waals surface area contributed by atoms with Crippen LogP contribution in [0.25, 0.3) is 0 Å². The zero-order chi connectivity index (χ0) is 19.8. The molecule has 0 spiro atoms. The van der Waals surface area contributed by atoms with Crippen molar-refractivity contribution in [1.82, 2.24) is 25.4 Å². The number of guanidine groups is 1. The summed E-state index contributed by atoms with van der Waals surface area (Å²) in [5, 5.41) is 11.4.